The number of rotatable bonds is 6. The molecule has 10 aromatic rings. The summed E-state index contributed by atoms with van der Waals surface area (Å²) in [5.74, 6) is 0. The van der Waals surface area contributed by atoms with Crippen LogP contribution in [-0.2, 0) is 5.41 Å². The zero-order valence-electron chi connectivity index (χ0n) is 33.3. The molecule has 0 aliphatic heterocycles. The summed E-state index contributed by atoms with van der Waals surface area (Å²) in [5.41, 5.74) is 17.6. The molecule has 0 heteroatoms. The van der Waals surface area contributed by atoms with Crippen LogP contribution < -0.4 is 0 Å². The van der Waals surface area contributed by atoms with Crippen molar-refractivity contribution in [3.63, 3.8) is 0 Å². The van der Waals surface area contributed by atoms with Gasteiger partial charge in [-0.25, -0.2) is 0 Å². The van der Waals surface area contributed by atoms with Crippen LogP contribution in [0.4, 0.5) is 0 Å². The van der Waals surface area contributed by atoms with Crippen molar-refractivity contribution >= 4 is 44.0 Å². The molecule has 0 amide bonds. The quantitative estimate of drug-likeness (QED) is 0.117. The van der Waals surface area contributed by atoms with Gasteiger partial charge in [0.2, 0.25) is 0 Å². The van der Waals surface area contributed by atoms with E-state index in [4.69, 9.17) is 0 Å². The fourth-order valence-corrected chi connectivity index (χ4v) is 9.81. The number of benzene rings is 10. The van der Waals surface area contributed by atoms with Crippen LogP contribution in [0.3, 0.4) is 0 Å². The molecule has 0 aromatic heterocycles. The van der Waals surface area contributed by atoms with E-state index in [0.717, 1.165) is 0 Å². The molecule has 0 unspecified atom stereocenters. The van der Waals surface area contributed by atoms with Gasteiger partial charge < -0.3 is 0 Å². The first kappa shape index (κ1) is 34.9. The minimum absolute atomic E-state index is 0.101. The minimum Gasteiger partial charge on any atom is -0.0622 e. The molecule has 0 atom stereocenters. The van der Waals surface area contributed by atoms with E-state index in [9.17, 15) is 0 Å². The molecule has 0 nitrogen and oxygen atoms in total. The molecule has 0 spiro atoms. The van der Waals surface area contributed by atoms with E-state index in [0.29, 0.717) is 0 Å². The second-order valence-electron chi connectivity index (χ2n) is 16.4. The van der Waals surface area contributed by atoms with Gasteiger partial charge in [-0.15, -0.1) is 0 Å². The van der Waals surface area contributed by atoms with Gasteiger partial charge in [0.25, 0.3) is 0 Å². The fourth-order valence-electron chi connectivity index (χ4n) is 9.81. The van der Waals surface area contributed by atoms with E-state index in [1.165, 1.54) is 110 Å². The first-order valence-corrected chi connectivity index (χ1v) is 20.7. The van der Waals surface area contributed by atoms with E-state index < -0.39 is 0 Å². The Morgan fingerprint density at radius 3 is 1.71 bits per heavy atom. The van der Waals surface area contributed by atoms with E-state index in [-0.39, 0.29) is 5.41 Å². The highest BCUT2D eigenvalue weighted by atomic mass is 14.4. The summed E-state index contributed by atoms with van der Waals surface area (Å²) in [5, 5.41) is 7.53. The molecule has 0 fully saturated rings. The monoisotopic (exact) mass is 750 g/mol. The Hall–Kier alpha value is -7.28. The van der Waals surface area contributed by atoms with Crippen molar-refractivity contribution in [2.45, 2.75) is 19.3 Å². The lowest BCUT2D eigenvalue weighted by atomic mass is 9.80. The van der Waals surface area contributed by atoms with Crippen LogP contribution in [0, 0.1) is 0 Å². The van der Waals surface area contributed by atoms with Crippen molar-refractivity contribution in [3.05, 3.63) is 240 Å². The molecule has 1 aliphatic carbocycles. The van der Waals surface area contributed by atoms with Gasteiger partial charge in [0, 0.05) is 5.41 Å². The van der Waals surface area contributed by atoms with Gasteiger partial charge in [-0.05, 0) is 134 Å². The highest BCUT2D eigenvalue weighted by Crippen LogP contribution is 2.54. The zero-order chi connectivity index (χ0) is 39.5. The summed E-state index contributed by atoms with van der Waals surface area (Å²) in [6, 6.07) is 78.4. The first-order chi connectivity index (χ1) is 29.0. The third-order valence-corrected chi connectivity index (χ3v) is 12.6. The predicted octanol–water partition coefficient (Wildman–Crippen LogP) is 16.0. The van der Waals surface area contributed by atoms with Crippen molar-refractivity contribution in [2.75, 3.05) is 0 Å². The molecular weight excluding hydrogens is 709 g/mol. The van der Waals surface area contributed by atoms with Crippen LogP contribution in [0.25, 0.3) is 88.5 Å². The van der Waals surface area contributed by atoms with Gasteiger partial charge in [0.1, 0.15) is 0 Å². The SMILES string of the molecule is CC1(C)c2ccccc2-c2c(-c3c4ccccc4c(-c4cccc(C=C(c5ccccc5)c5ccccc5)c4)c4ccc(-c5ccc6ccccc6c5)cc34)cccc21. The van der Waals surface area contributed by atoms with Crippen LogP contribution in [0.1, 0.15) is 41.7 Å². The van der Waals surface area contributed by atoms with E-state index in [1.807, 2.05) is 0 Å². The molecular formula is C59H42. The molecule has 0 N–H and O–H groups in total. The fraction of sp³-hybridized carbons (Fsp3) is 0.0508. The second-order valence-corrected chi connectivity index (χ2v) is 16.4. The molecule has 0 radical (unpaired) electrons. The third kappa shape index (κ3) is 5.83. The Balaban J connectivity index is 1.20. The molecule has 0 heterocycles. The number of hydrogen-bond acceptors (Lipinski definition) is 0. The summed E-state index contributed by atoms with van der Waals surface area (Å²) in [6.45, 7) is 4.75. The van der Waals surface area contributed by atoms with Gasteiger partial charge in [0.05, 0.1) is 0 Å². The average molecular weight is 751 g/mol. The van der Waals surface area contributed by atoms with Gasteiger partial charge in [-0.3, -0.25) is 0 Å². The molecule has 0 saturated heterocycles. The van der Waals surface area contributed by atoms with E-state index in [1.54, 1.807) is 0 Å². The second kappa shape index (κ2) is 14.0. The average Bonchev–Trinajstić information content (AvgIpc) is 3.53. The van der Waals surface area contributed by atoms with E-state index >= 15 is 0 Å². The summed E-state index contributed by atoms with van der Waals surface area (Å²) < 4.78 is 0. The van der Waals surface area contributed by atoms with Crippen molar-refractivity contribution in [2.24, 2.45) is 0 Å². The molecule has 0 bridgehead atoms. The standard InChI is InChI=1S/C59H42/c1-59(2)54-29-14-13-27-50(54)58-51(28-16-30-55(58)59)57-48-26-12-11-25-47(48)56(49-34-33-45(38-53(49)57)44-32-31-40-18-9-10-23-43(40)37-44)46-24-15-17-39(35-46)36-52(41-19-5-3-6-20-41)42-21-7-4-8-22-42/h3-38H,1-2H3. The highest BCUT2D eigenvalue weighted by molar-refractivity contribution is 6.23. The molecule has 0 saturated carbocycles. The topological polar surface area (TPSA) is 0 Å². The van der Waals surface area contributed by atoms with Gasteiger partial charge in [0.15, 0.2) is 0 Å². The van der Waals surface area contributed by atoms with Crippen molar-refractivity contribution in [3.8, 4) is 44.5 Å². The molecule has 11 rings (SSSR count). The Morgan fingerprint density at radius 1 is 0.356 bits per heavy atom. The zero-order valence-corrected chi connectivity index (χ0v) is 33.3. The Morgan fingerprint density at radius 2 is 0.932 bits per heavy atom. The Labute approximate surface area is 346 Å². The van der Waals surface area contributed by atoms with Crippen LogP contribution in [-0.4, -0.2) is 0 Å². The first-order valence-electron chi connectivity index (χ1n) is 20.7. The molecule has 10 aromatic carbocycles. The molecule has 278 valence electrons. The summed E-state index contributed by atoms with van der Waals surface area (Å²) in [6.07, 6.45) is 2.34. The van der Waals surface area contributed by atoms with Crippen molar-refractivity contribution < 1.29 is 0 Å². The van der Waals surface area contributed by atoms with Crippen LogP contribution in [0.15, 0.2) is 212 Å². The smallest absolute Gasteiger partial charge is 0.0159 e. The van der Waals surface area contributed by atoms with Crippen molar-refractivity contribution in [1.82, 2.24) is 0 Å². The minimum atomic E-state index is -0.101. The maximum Gasteiger partial charge on any atom is 0.0159 e. The van der Waals surface area contributed by atoms with E-state index in [2.05, 4.69) is 232 Å². The largest absolute Gasteiger partial charge is 0.0622 e. The molecule has 1 aliphatic rings. The van der Waals surface area contributed by atoms with Gasteiger partial charge in [-0.1, -0.05) is 208 Å². The van der Waals surface area contributed by atoms with Crippen LogP contribution in [0.5, 0.6) is 0 Å². The Kier molecular flexibility index (Phi) is 8.27. The highest BCUT2D eigenvalue weighted by Gasteiger charge is 2.37. The lowest BCUT2D eigenvalue weighted by Gasteiger charge is -2.23. The third-order valence-electron chi connectivity index (χ3n) is 12.6. The predicted molar refractivity (Wildman–Crippen MR) is 253 cm³/mol. The lowest BCUT2D eigenvalue weighted by Crippen LogP contribution is -2.14. The van der Waals surface area contributed by atoms with Crippen LogP contribution in [0.2, 0.25) is 0 Å². The maximum absolute atomic E-state index is 2.46. The summed E-state index contributed by atoms with van der Waals surface area (Å²) in [7, 11) is 0. The lowest BCUT2D eigenvalue weighted by molar-refractivity contribution is 0.660. The molecule has 59 heavy (non-hydrogen) atoms. The van der Waals surface area contributed by atoms with Gasteiger partial charge in [-0.2, -0.15) is 0 Å². The Bertz CT molecular complexity index is 3230. The van der Waals surface area contributed by atoms with Crippen LogP contribution >= 0.6 is 0 Å². The maximum atomic E-state index is 2.46. The number of fused-ring (bicyclic) bond motifs is 6. The summed E-state index contributed by atoms with van der Waals surface area (Å²) >= 11 is 0. The summed E-state index contributed by atoms with van der Waals surface area (Å²) in [4.78, 5) is 0. The number of hydrogen-bond donors (Lipinski definition) is 0. The van der Waals surface area contributed by atoms with Crippen molar-refractivity contribution in [1.29, 1.82) is 0 Å². The van der Waals surface area contributed by atoms with Gasteiger partial charge >= 0.3 is 0 Å². The normalized spacial score (nSPS) is 12.7.